The van der Waals surface area contributed by atoms with Crippen molar-refractivity contribution >= 4 is 21.5 Å². The van der Waals surface area contributed by atoms with Crippen LogP contribution in [0.5, 0.6) is 5.75 Å². The molecule has 114 valence electrons. The minimum Gasteiger partial charge on any atom is -0.490 e. The molecule has 0 aliphatic rings. The maximum atomic E-state index is 14.6. The Morgan fingerprint density at radius 3 is 2.09 bits per heavy atom. The van der Waals surface area contributed by atoms with Crippen LogP contribution in [0.3, 0.4) is 0 Å². The van der Waals surface area contributed by atoms with Gasteiger partial charge in [-0.05, 0) is 41.8 Å². The SMILES string of the molecule is CCCCOc1ccc2c(ccc3c(F)c(C)ccc32)c1F. The highest BCUT2D eigenvalue weighted by Crippen LogP contribution is 2.33. The fourth-order valence-corrected chi connectivity index (χ4v) is 2.68. The number of hydrogen-bond acceptors (Lipinski definition) is 1. The lowest BCUT2D eigenvalue weighted by Crippen LogP contribution is -1.99. The van der Waals surface area contributed by atoms with Crippen LogP contribution >= 0.6 is 0 Å². The van der Waals surface area contributed by atoms with Gasteiger partial charge in [0, 0.05) is 10.8 Å². The molecule has 3 heteroatoms. The first kappa shape index (κ1) is 14.8. The van der Waals surface area contributed by atoms with Crippen LogP contribution in [0.4, 0.5) is 8.78 Å². The summed E-state index contributed by atoms with van der Waals surface area (Å²) in [6.45, 7) is 4.29. The van der Waals surface area contributed by atoms with E-state index in [1.165, 1.54) is 0 Å². The molecule has 0 atom stereocenters. The Hall–Kier alpha value is -2.16. The molecule has 0 N–H and O–H groups in total. The number of aryl methyl sites for hydroxylation is 1. The van der Waals surface area contributed by atoms with Crippen molar-refractivity contribution < 1.29 is 13.5 Å². The number of halogens is 2. The Kier molecular flexibility index (Phi) is 3.97. The monoisotopic (exact) mass is 300 g/mol. The molecule has 22 heavy (non-hydrogen) atoms. The third-order valence-electron chi connectivity index (χ3n) is 3.98. The van der Waals surface area contributed by atoms with Gasteiger partial charge in [-0.3, -0.25) is 0 Å². The predicted octanol–water partition coefficient (Wildman–Crippen LogP) is 5.76. The van der Waals surface area contributed by atoms with Gasteiger partial charge in [0.25, 0.3) is 0 Å². The fraction of sp³-hybridized carbons (Fsp3) is 0.263. The van der Waals surface area contributed by atoms with Gasteiger partial charge in [0.1, 0.15) is 5.82 Å². The van der Waals surface area contributed by atoms with Crippen molar-refractivity contribution in [2.45, 2.75) is 26.7 Å². The number of fused-ring (bicyclic) bond motifs is 3. The van der Waals surface area contributed by atoms with Gasteiger partial charge in [0.15, 0.2) is 11.6 Å². The van der Waals surface area contributed by atoms with Gasteiger partial charge in [-0.2, -0.15) is 0 Å². The first-order valence-corrected chi connectivity index (χ1v) is 7.56. The molecule has 0 saturated carbocycles. The van der Waals surface area contributed by atoms with Gasteiger partial charge in [-0.25, -0.2) is 8.78 Å². The summed E-state index contributed by atoms with van der Waals surface area (Å²) >= 11 is 0. The van der Waals surface area contributed by atoms with Crippen molar-refractivity contribution in [3.8, 4) is 5.75 Å². The number of benzene rings is 3. The Balaban J connectivity index is 2.16. The molecule has 0 saturated heterocycles. The summed E-state index contributed by atoms with van der Waals surface area (Å²) in [7, 11) is 0. The summed E-state index contributed by atoms with van der Waals surface area (Å²) in [6, 6.07) is 10.3. The van der Waals surface area contributed by atoms with E-state index in [2.05, 4.69) is 6.92 Å². The van der Waals surface area contributed by atoms with Crippen molar-refractivity contribution in [2.75, 3.05) is 6.61 Å². The molecule has 0 aliphatic carbocycles. The minimum atomic E-state index is -0.378. The lowest BCUT2D eigenvalue weighted by atomic mass is 9.99. The Bertz CT molecular complexity index is 840. The van der Waals surface area contributed by atoms with E-state index in [1.54, 1.807) is 37.3 Å². The normalized spacial score (nSPS) is 11.3. The highest BCUT2D eigenvalue weighted by Gasteiger charge is 2.13. The molecule has 0 aromatic heterocycles. The Morgan fingerprint density at radius 2 is 1.41 bits per heavy atom. The highest BCUT2D eigenvalue weighted by molar-refractivity contribution is 6.08. The van der Waals surface area contributed by atoms with Crippen LogP contribution in [0.1, 0.15) is 25.3 Å². The third kappa shape index (κ3) is 2.41. The molecule has 0 fully saturated rings. The molecule has 1 nitrogen and oxygen atoms in total. The average molecular weight is 300 g/mol. The van der Waals surface area contributed by atoms with Crippen LogP contribution in [0, 0.1) is 18.6 Å². The van der Waals surface area contributed by atoms with Crippen molar-refractivity contribution in [1.29, 1.82) is 0 Å². The van der Waals surface area contributed by atoms with Gasteiger partial charge in [0.2, 0.25) is 0 Å². The number of ether oxygens (including phenoxy) is 1. The van der Waals surface area contributed by atoms with Gasteiger partial charge < -0.3 is 4.74 Å². The molecule has 0 heterocycles. The summed E-state index contributed by atoms with van der Waals surface area (Å²) in [5.74, 6) is -0.368. The van der Waals surface area contributed by atoms with Gasteiger partial charge in [0.05, 0.1) is 6.61 Å². The fourth-order valence-electron chi connectivity index (χ4n) is 2.68. The van der Waals surface area contributed by atoms with E-state index in [0.717, 1.165) is 18.2 Å². The number of unbranched alkanes of at least 4 members (excludes halogenated alkanes) is 1. The van der Waals surface area contributed by atoms with E-state index in [1.807, 2.05) is 6.07 Å². The molecule has 3 aromatic rings. The molecule has 0 bridgehead atoms. The van der Waals surface area contributed by atoms with Crippen LogP contribution in [-0.4, -0.2) is 6.61 Å². The Labute approximate surface area is 128 Å². The molecular weight excluding hydrogens is 282 g/mol. The van der Waals surface area contributed by atoms with Crippen LogP contribution in [-0.2, 0) is 0 Å². The predicted molar refractivity (Wildman–Crippen MR) is 86.5 cm³/mol. The largest absolute Gasteiger partial charge is 0.490 e. The molecular formula is C19H18F2O. The van der Waals surface area contributed by atoms with E-state index in [4.69, 9.17) is 4.74 Å². The van der Waals surface area contributed by atoms with Crippen LogP contribution in [0.25, 0.3) is 21.5 Å². The third-order valence-corrected chi connectivity index (χ3v) is 3.98. The quantitative estimate of drug-likeness (QED) is 0.440. The van der Waals surface area contributed by atoms with Crippen LogP contribution < -0.4 is 4.74 Å². The standard InChI is InChI=1S/C19H18F2O/c1-3-4-11-22-17-10-9-14-13-6-5-12(2)18(20)15(13)7-8-16(14)19(17)21/h5-10H,3-4,11H2,1-2H3. The lowest BCUT2D eigenvalue weighted by molar-refractivity contribution is 0.295. The zero-order chi connectivity index (χ0) is 15.7. The molecule has 0 unspecified atom stereocenters. The van der Waals surface area contributed by atoms with Gasteiger partial charge in [-0.15, -0.1) is 0 Å². The topological polar surface area (TPSA) is 9.23 Å². The summed E-state index contributed by atoms with van der Waals surface area (Å²) in [5.41, 5.74) is 0.590. The van der Waals surface area contributed by atoms with Crippen molar-refractivity contribution in [1.82, 2.24) is 0 Å². The second-order valence-electron chi connectivity index (χ2n) is 5.53. The van der Waals surface area contributed by atoms with E-state index in [0.29, 0.717) is 28.3 Å². The first-order valence-electron chi connectivity index (χ1n) is 7.56. The summed E-state index contributed by atoms with van der Waals surface area (Å²) < 4.78 is 34.3. The average Bonchev–Trinajstić information content (AvgIpc) is 2.53. The molecule has 0 aliphatic heterocycles. The van der Waals surface area contributed by atoms with Crippen molar-refractivity contribution in [3.05, 3.63) is 53.6 Å². The van der Waals surface area contributed by atoms with E-state index < -0.39 is 0 Å². The van der Waals surface area contributed by atoms with Crippen molar-refractivity contribution in [2.24, 2.45) is 0 Å². The lowest BCUT2D eigenvalue weighted by Gasteiger charge is -2.11. The minimum absolute atomic E-state index is 0.247. The second kappa shape index (κ2) is 5.91. The number of rotatable bonds is 4. The number of hydrogen-bond donors (Lipinski definition) is 0. The Morgan fingerprint density at radius 1 is 0.818 bits per heavy atom. The van der Waals surface area contributed by atoms with Crippen LogP contribution in [0.2, 0.25) is 0 Å². The van der Waals surface area contributed by atoms with Crippen LogP contribution in [0.15, 0.2) is 36.4 Å². The van der Waals surface area contributed by atoms with E-state index >= 15 is 0 Å². The molecule has 3 rings (SSSR count). The van der Waals surface area contributed by atoms with Gasteiger partial charge in [-0.1, -0.05) is 37.6 Å². The summed E-state index contributed by atoms with van der Waals surface area (Å²) in [6.07, 6.45) is 1.89. The highest BCUT2D eigenvalue weighted by atomic mass is 19.1. The molecule has 0 spiro atoms. The van der Waals surface area contributed by atoms with E-state index in [9.17, 15) is 8.78 Å². The maximum Gasteiger partial charge on any atom is 0.172 e. The maximum absolute atomic E-state index is 14.6. The van der Waals surface area contributed by atoms with E-state index in [-0.39, 0.29) is 17.4 Å². The second-order valence-corrected chi connectivity index (χ2v) is 5.53. The zero-order valence-electron chi connectivity index (χ0n) is 12.7. The molecule has 3 aromatic carbocycles. The smallest absolute Gasteiger partial charge is 0.172 e. The zero-order valence-corrected chi connectivity index (χ0v) is 12.7. The summed E-state index contributed by atoms with van der Waals surface area (Å²) in [4.78, 5) is 0. The summed E-state index contributed by atoms with van der Waals surface area (Å²) in [5, 5.41) is 2.41. The molecule has 0 amide bonds. The van der Waals surface area contributed by atoms with Gasteiger partial charge >= 0.3 is 0 Å². The first-order chi connectivity index (χ1) is 10.6. The van der Waals surface area contributed by atoms with Crippen molar-refractivity contribution in [3.63, 3.8) is 0 Å². The molecule has 0 radical (unpaired) electrons.